The van der Waals surface area contributed by atoms with Crippen LogP contribution in [0.4, 0.5) is 0 Å². The molecule has 0 unspecified atom stereocenters. The second-order valence-corrected chi connectivity index (χ2v) is 24.0. The van der Waals surface area contributed by atoms with Crippen molar-refractivity contribution in [3.8, 4) is 5.75 Å². The number of hydrogen-bond acceptors (Lipinski definition) is 15. The lowest BCUT2D eigenvalue weighted by Gasteiger charge is -2.30. The van der Waals surface area contributed by atoms with E-state index in [-0.39, 0.29) is 101 Å². The number of phenols is 1. The van der Waals surface area contributed by atoms with Crippen molar-refractivity contribution in [1.82, 2.24) is 72.7 Å². The lowest BCUT2D eigenvalue weighted by atomic mass is 9.99. The molecule has 0 spiro atoms. The van der Waals surface area contributed by atoms with Crippen molar-refractivity contribution in [1.29, 1.82) is 0 Å². The van der Waals surface area contributed by atoms with Crippen LogP contribution in [0.2, 0.25) is 0 Å². The van der Waals surface area contributed by atoms with E-state index in [9.17, 15) is 53.4 Å². The standard InChI is InChI=1S/C64H82N18O13/c1-34(2)23-46(56(88)75-45(13-7-21-69-64(66)67)63(95)82-22-8-14-52(82)62(94)72-31-53(65)85)76-58(90)48(25-36-28-70-42-11-5-3-9-40(36)42)78-57(89)47(24-35-15-17-39(84)18-16-35)77-61(93)51(32-83)81-59(91)49(26-37-29-71-43-12-6-4-10-41(37)43)79-60(92)50(27-38-30-68-33-73-38)80-55(87)44-19-20-54(86)74-44/h3-6,9-12,15-18,28-30,33-34,44-52,70-71,83-84H,7-8,13-14,19-27,31-32H2,1-2H3,(H2,65,85)(H,68,73)(H,72,94)(H,74,86)(H,75,88)(H,76,90)(H,77,93)(H,78,89)(H,79,92)(H,80,87)(H,81,91)(H4,66,67,69)/t44-,45+,46-,47-,48+,49-,50-,51-,52-/m0/s1. The summed E-state index contributed by atoms with van der Waals surface area (Å²) < 4.78 is 0. The number of likely N-dealkylation sites (tertiary alicyclic amines) is 1. The number of para-hydroxylation sites is 2. The van der Waals surface area contributed by atoms with Gasteiger partial charge in [0.05, 0.1) is 19.5 Å². The van der Waals surface area contributed by atoms with Crippen LogP contribution in [0.15, 0.2) is 103 Å². The van der Waals surface area contributed by atoms with Crippen molar-refractivity contribution < 1.29 is 63.0 Å². The first-order valence-electron chi connectivity index (χ1n) is 31.3. The Labute approximate surface area is 545 Å². The fraction of sp³-hybridized carbons (Fsp3) is 0.422. The van der Waals surface area contributed by atoms with Gasteiger partial charge in [0.15, 0.2) is 5.96 Å². The average Bonchev–Trinajstić information content (AvgIpc) is 1.81. The van der Waals surface area contributed by atoms with Crippen LogP contribution < -0.4 is 65.1 Å². The highest BCUT2D eigenvalue weighted by Crippen LogP contribution is 2.24. The monoisotopic (exact) mass is 1310 g/mol. The topological polar surface area (TPSA) is 490 Å². The Kier molecular flexibility index (Phi) is 24.4. The number of primary amides is 1. The number of aromatic amines is 3. The molecule has 95 heavy (non-hydrogen) atoms. The summed E-state index contributed by atoms with van der Waals surface area (Å²) in [5, 5.41) is 46.5. The van der Waals surface area contributed by atoms with Gasteiger partial charge in [-0.15, -0.1) is 0 Å². The number of H-pyrrole nitrogens is 3. The quantitative estimate of drug-likeness (QED) is 0.0117. The van der Waals surface area contributed by atoms with Gasteiger partial charge in [0, 0.05) is 91.3 Å². The Morgan fingerprint density at radius 2 is 1.18 bits per heavy atom. The third-order valence-electron chi connectivity index (χ3n) is 16.4. The summed E-state index contributed by atoms with van der Waals surface area (Å²) in [6, 6.07) is 7.78. The highest BCUT2D eigenvalue weighted by atomic mass is 16.3. The molecule has 0 saturated carbocycles. The molecule has 2 fully saturated rings. The molecule has 2 aliphatic rings. The van der Waals surface area contributed by atoms with E-state index < -0.39 is 127 Å². The molecular weight excluding hydrogens is 1230 g/mol. The van der Waals surface area contributed by atoms with E-state index in [1.165, 1.54) is 41.7 Å². The number of carbonyl (C=O) groups excluding carboxylic acids is 11. The molecule has 3 aromatic heterocycles. The minimum Gasteiger partial charge on any atom is -0.508 e. The van der Waals surface area contributed by atoms with E-state index in [2.05, 4.69) is 72.8 Å². The summed E-state index contributed by atoms with van der Waals surface area (Å²) in [5.74, 6) is -9.04. The summed E-state index contributed by atoms with van der Waals surface area (Å²) in [7, 11) is 0. The maximum Gasteiger partial charge on any atom is 0.245 e. The number of aliphatic hydroxyl groups excluding tert-OH is 1. The number of aromatic nitrogens is 4. The molecule has 5 heterocycles. The van der Waals surface area contributed by atoms with E-state index in [0.29, 0.717) is 50.6 Å². The van der Waals surface area contributed by atoms with Crippen LogP contribution >= 0.6 is 0 Å². The molecule has 506 valence electrons. The molecule has 3 aromatic carbocycles. The maximum absolute atomic E-state index is 15.1. The molecule has 2 saturated heterocycles. The SMILES string of the molecule is CC(C)C[C@H](NC(=O)[C@@H](Cc1c[nH]c2ccccc12)NC(=O)[C@H](Cc1ccc(O)cc1)NC(=O)[C@H](CO)NC(=O)[C@H](Cc1c[nH]c2ccccc12)NC(=O)[C@H](Cc1cnc[nH]1)NC(=O)[C@@H]1CCC(=O)N1)C(=O)N[C@H](CCCN=C(N)N)C(=O)N1CCC[C@H]1C(=O)NCC(N)=O. The lowest BCUT2D eigenvalue weighted by Crippen LogP contribution is -2.61. The molecule has 31 heteroatoms. The van der Waals surface area contributed by atoms with E-state index in [4.69, 9.17) is 17.2 Å². The summed E-state index contributed by atoms with van der Waals surface area (Å²) in [6.07, 6.45) is 6.51. The number of aliphatic imine (C=N–C) groups is 1. The molecule has 6 aromatic rings. The number of amides is 11. The van der Waals surface area contributed by atoms with Crippen LogP contribution in [-0.2, 0) is 78.4 Å². The van der Waals surface area contributed by atoms with Crippen LogP contribution in [0.3, 0.4) is 0 Å². The third-order valence-corrected chi connectivity index (χ3v) is 16.4. The minimum atomic E-state index is -1.80. The number of rotatable bonds is 33. The number of carbonyl (C=O) groups is 11. The first-order valence-corrected chi connectivity index (χ1v) is 31.3. The largest absolute Gasteiger partial charge is 0.508 e. The highest BCUT2D eigenvalue weighted by Gasteiger charge is 2.40. The predicted octanol–water partition coefficient (Wildman–Crippen LogP) is -2.29. The Morgan fingerprint density at radius 3 is 1.72 bits per heavy atom. The Bertz CT molecular complexity index is 3750. The molecule has 0 radical (unpaired) electrons. The smallest absolute Gasteiger partial charge is 0.245 e. The molecule has 0 bridgehead atoms. The Hall–Kier alpha value is -10.8. The fourth-order valence-corrected chi connectivity index (χ4v) is 11.5. The summed E-state index contributed by atoms with van der Waals surface area (Å²) in [5.41, 5.74) is 19.8. The van der Waals surface area contributed by atoms with Crippen molar-refractivity contribution in [2.24, 2.45) is 28.1 Å². The third kappa shape index (κ3) is 19.6. The number of aromatic hydroxyl groups is 1. The minimum absolute atomic E-state index is 0.00905. The predicted molar refractivity (Wildman–Crippen MR) is 346 cm³/mol. The van der Waals surface area contributed by atoms with Crippen molar-refractivity contribution in [3.63, 3.8) is 0 Å². The van der Waals surface area contributed by atoms with E-state index in [1.54, 1.807) is 74.8 Å². The number of nitrogens with two attached hydrogens (primary N) is 3. The first-order chi connectivity index (χ1) is 45.5. The van der Waals surface area contributed by atoms with Crippen molar-refractivity contribution >= 4 is 92.7 Å². The van der Waals surface area contributed by atoms with Crippen LogP contribution in [0.25, 0.3) is 21.8 Å². The van der Waals surface area contributed by atoms with Gasteiger partial charge in [0.1, 0.15) is 60.1 Å². The van der Waals surface area contributed by atoms with Gasteiger partial charge in [0.25, 0.3) is 0 Å². The Morgan fingerprint density at radius 1 is 0.642 bits per heavy atom. The number of imidazole rings is 1. The average molecular weight is 1310 g/mol. The molecule has 9 atom stereocenters. The summed E-state index contributed by atoms with van der Waals surface area (Å²) in [4.78, 5) is 172. The molecule has 31 nitrogen and oxygen atoms in total. The number of hydrogen-bond donors (Lipinski definition) is 17. The van der Waals surface area contributed by atoms with Gasteiger partial charge in [0.2, 0.25) is 65.0 Å². The number of nitrogens with zero attached hydrogens (tertiary/aromatic N) is 3. The molecule has 2 aliphatic heterocycles. The fourth-order valence-electron chi connectivity index (χ4n) is 11.5. The molecule has 20 N–H and O–H groups in total. The number of benzene rings is 3. The number of phenolic OH excluding ortho intramolecular Hbond substituents is 1. The van der Waals surface area contributed by atoms with Gasteiger partial charge in [-0.3, -0.25) is 57.7 Å². The molecule has 11 amide bonds. The van der Waals surface area contributed by atoms with Gasteiger partial charge in [-0.05, 0) is 85.4 Å². The lowest BCUT2D eigenvalue weighted by molar-refractivity contribution is -0.142. The first kappa shape index (κ1) is 70.0. The Balaban J connectivity index is 1.05. The zero-order valence-electron chi connectivity index (χ0n) is 52.6. The summed E-state index contributed by atoms with van der Waals surface area (Å²) in [6.45, 7) is 2.33. The number of nitrogens with one attached hydrogen (secondary N) is 12. The number of fused-ring (bicyclic) bond motifs is 2. The summed E-state index contributed by atoms with van der Waals surface area (Å²) >= 11 is 0. The van der Waals surface area contributed by atoms with Gasteiger partial charge in [-0.1, -0.05) is 62.4 Å². The second kappa shape index (κ2) is 33.1. The normalized spacial score (nSPS) is 16.6. The van der Waals surface area contributed by atoms with Crippen molar-refractivity contribution in [2.45, 2.75) is 139 Å². The zero-order chi connectivity index (χ0) is 68.3. The molecule has 0 aliphatic carbocycles. The van der Waals surface area contributed by atoms with Gasteiger partial charge in [-0.25, -0.2) is 4.98 Å². The zero-order valence-corrected chi connectivity index (χ0v) is 52.6. The van der Waals surface area contributed by atoms with Gasteiger partial charge in [-0.2, -0.15) is 0 Å². The maximum atomic E-state index is 15.1. The van der Waals surface area contributed by atoms with E-state index in [0.717, 1.165) is 0 Å². The van der Waals surface area contributed by atoms with Gasteiger partial charge >= 0.3 is 0 Å². The van der Waals surface area contributed by atoms with Crippen LogP contribution in [-0.4, -0.2) is 187 Å². The van der Waals surface area contributed by atoms with Crippen LogP contribution in [0, 0.1) is 5.92 Å². The van der Waals surface area contributed by atoms with Crippen molar-refractivity contribution in [2.75, 3.05) is 26.2 Å². The molecular formula is C64H82N18O13. The number of aliphatic hydroxyl groups is 1. The van der Waals surface area contributed by atoms with Gasteiger partial charge < -0.3 is 95.1 Å². The number of guanidine groups is 1. The van der Waals surface area contributed by atoms with Crippen LogP contribution in [0.1, 0.15) is 81.2 Å². The van der Waals surface area contributed by atoms with Crippen LogP contribution in [0.5, 0.6) is 5.75 Å². The van der Waals surface area contributed by atoms with Crippen molar-refractivity contribution in [3.05, 3.63) is 120 Å². The molecule has 8 rings (SSSR count). The second-order valence-electron chi connectivity index (χ2n) is 24.0. The van der Waals surface area contributed by atoms with E-state index in [1.807, 2.05) is 0 Å². The highest BCUT2D eigenvalue weighted by molar-refractivity contribution is 6.00. The van der Waals surface area contributed by atoms with E-state index >= 15 is 9.59 Å².